The molecule has 1 atom stereocenters. The van der Waals surface area contributed by atoms with Crippen molar-refractivity contribution in [3.8, 4) is 0 Å². The predicted octanol–water partition coefficient (Wildman–Crippen LogP) is 2.55. The molecule has 0 aliphatic heterocycles. The van der Waals surface area contributed by atoms with Gasteiger partial charge in [0.15, 0.2) is 5.78 Å². The first-order valence-corrected chi connectivity index (χ1v) is 6.13. The largest absolute Gasteiger partial charge is 0.461 e. The Kier molecular flexibility index (Phi) is 3.92. The minimum absolute atomic E-state index is 0.114. The lowest BCUT2D eigenvalue weighted by atomic mass is 9.95. The molecular formula is C15H16O3. The van der Waals surface area contributed by atoms with Gasteiger partial charge in [0.2, 0.25) is 0 Å². The SMILES string of the molecule is C=CCOC(=O)C1CCCc2ccccc2C1=O. The molecule has 0 saturated carbocycles. The summed E-state index contributed by atoms with van der Waals surface area (Å²) in [5.41, 5.74) is 1.69. The number of Topliss-reactive ketones (excluding diaryl/α,β-unsaturated/α-hetero) is 1. The molecule has 0 spiro atoms. The molecule has 0 saturated heterocycles. The topological polar surface area (TPSA) is 43.4 Å². The summed E-state index contributed by atoms with van der Waals surface area (Å²) in [6.45, 7) is 3.65. The van der Waals surface area contributed by atoms with Crippen LogP contribution in [0.25, 0.3) is 0 Å². The minimum atomic E-state index is -0.659. The number of ketones is 1. The van der Waals surface area contributed by atoms with E-state index in [1.165, 1.54) is 6.08 Å². The highest BCUT2D eigenvalue weighted by Crippen LogP contribution is 2.25. The van der Waals surface area contributed by atoms with Gasteiger partial charge in [0.05, 0.1) is 0 Å². The first kappa shape index (κ1) is 12.6. The zero-order valence-corrected chi connectivity index (χ0v) is 10.2. The molecule has 1 unspecified atom stereocenters. The zero-order chi connectivity index (χ0) is 13.0. The van der Waals surface area contributed by atoms with Crippen LogP contribution in [0.5, 0.6) is 0 Å². The molecule has 0 fully saturated rings. The standard InChI is InChI=1S/C15H16O3/c1-2-10-18-15(17)13-9-5-7-11-6-3-4-8-12(11)14(13)16/h2-4,6,8,13H,1,5,7,9-10H2. The Morgan fingerprint density at radius 1 is 1.44 bits per heavy atom. The molecule has 1 aromatic carbocycles. The van der Waals surface area contributed by atoms with Crippen molar-refractivity contribution < 1.29 is 14.3 Å². The highest BCUT2D eigenvalue weighted by molar-refractivity contribution is 6.09. The monoisotopic (exact) mass is 244 g/mol. The fraction of sp³-hybridized carbons (Fsp3) is 0.333. The number of carbonyl (C=O) groups excluding carboxylic acids is 2. The van der Waals surface area contributed by atoms with Crippen LogP contribution in [0.4, 0.5) is 0 Å². The molecule has 0 amide bonds. The smallest absolute Gasteiger partial charge is 0.317 e. The Bertz CT molecular complexity index is 476. The van der Waals surface area contributed by atoms with Crippen molar-refractivity contribution in [1.29, 1.82) is 0 Å². The van der Waals surface area contributed by atoms with Crippen LogP contribution in [0.1, 0.15) is 28.8 Å². The van der Waals surface area contributed by atoms with Gasteiger partial charge in [0.1, 0.15) is 12.5 Å². The second-order valence-electron chi connectivity index (χ2n) is 4.38. The van der Waals surface area contributed by atoms with Crippen LogP contribution < -0.4 is 0 Å². The molecule has 0 aromatic heterocycles. The Morgan fingerprint density at radius 2 is 2.22 bits per heavy atom. The maximum Gasteiger partial charge on any atom is 0.317 e. The molecule has 3 nitrogen and oxygen atoms in total. The summed E-state index contributed by atoms with van der Waals surface area (Å²) in [6, 6.07) is 7.48. The lowest BCUT2D eigenvalue weighted by Gasteiger charge is -2.12. The predicted molar refractivity (Wildman–Crippen MR) is 68.4 cm³/mol. The number of fused-ring (bicyclic) bond motifs is 1. The number of rotatable bonds is 3. The van der Waals surface area contributed by atoms with Crippen molar-refractivity contribution in [1.82, 2.24) is 0 Å². The highest BCUT2D eigenvalue weighted by Gasteiger charge is 2.31. The minimum Gasteiger partial charge on any atom is -0.461 e. The Morgan fingerprint density at radius 3 is 3.00 bits per heavy atom. The van der Waals surface area contributed by atoms with Crippen LogP contribution >= 0.6 is 0 Å². The van der Waals surface area contributed by atoms with E-state index in [9.17, 15) is 9.59 Å². The molecule has 1 aromatic rings. The van der Waals surface area contributed by atoms with Gasteiger partial charge in [-0.2, -0.15) is 0 Å². The summed E-state index contributed by atoms with van der Waals surface area (Å²) in [5.74, 6) is -1.21. The summed E-state index contributed by atoms with van der Waals surface area (Å²) in [7, 11) is 0. The molecule has 0 heterocycles. The molecule has 1 aliphatic carbocycles. The number of ether oxygens (including phenoxy) is 1. The third-order valence-corrected chi connectivity index (χ3v) is 3.17. The van der Waals surface area contributed by atoms with Crippen molar-refractivity contribution in [2.24, 2.45) is 5.92 Å². The Balaban J connectivity index is 2.22. The summed E-state index contributed by atoms with van der Waals surface area (Å²) in [6.07, 6.45) is 3.74. The van der Waals surface area contributed by atoms with Crippen molar-refractivity contribution in [2.45, 2.75) is 19.3 Å². The number of carbonyl (C=O) groups is 2. The molecule has 2 rings (SSSR count). The van der Waals surface area contributed by atoms with E-state index in [4.69, 9.17) is 4.74 Å². The second-order valence-corrected chi connectivity index (χ2v) is 4.38. The fourth-order valence-corrected chi connectivity index (χ4v) is 2.26. The number of hydrogen-bond acceptors (Lipinski definition) is 3. The van der Waals surface area contributed by atoms with E-state index in [1.807, 2.05) is 18.2 Å². The molecule has 0 bridgehead atoms. The number of hydrogen-bond donors (Lipinski definition) is 0. The average molecular weight is 244 g/mol. The average Bonchev–Trinajstić information content (AvgIpc) is 2.56. The first-order valence-electron chi connectivity index (χ1n) is 6.13. The quantitative estimate of drug-likeness (QED) is 0.355. The van der Waals surface area contributed by atoms with Crippen LogP contribution in [0, 0.1) is 5.92 Å². The van der Waals surface area contributed by atoms with Gasteiger partial charge in [-0.3, -0.25) is 9.59 Å². The first-order chi connectivity index (χ1) is 8.74. The van der Waals surface area contributed by atoms with Crippen molar-refractivity contribution in [2.75, 3.05) is 6.61 Å². The van der Waals surface area contributed by atoms with E-state index in [1.54, 1.807) is 6.07 Å². The number of benzene rings is 1. The normalized spacial score (nSPS) is 18.7. The zero-order valence-electron chi connectivity index (χ0n) is 10.2. The molecule has 3 heteroatoms. The lowest BCUT2D eigenvalue weighted by molar-refractivity contribution is -0.145. The lowest BCUT2D eigenvalue weighted by Crippen LogP contribution is -2.25. The third-order valence-electron chi connectivity index (χ3n) is 3.17. The van der Waals surface area contributed by atoms with E-state index in [2.05, 4.69) is 6.58 Å². The van der Waals surface area contributed by atoms with Gasteiger partial charge >= 0.3 is 5.97 Å². The molecule has 0 radical (unpaired) electrons. The van der Waals surface area contributed by atoms with E-state index in [0.29, 0.717) is 12.0 Å². The maximum absolute atomic E-state index is 12.3. The van der Waals surface area contributed by atoms with Gasteiger partial charge in [-0.1, -0.05) is 36.9 Å². The fourth-order valence-electron chi connectivity index (χ4n) is 2.26. The third kappa shape index (κ3) is 2.50. The highest BCUT2D eigenvalue weighted by atomic mass is 16.5. The number of esters is 1. The molecule has 0 N–H and O–H groups in total. The summed E-state index contributed by atoms with van der Waals surface area (Å²) < 4.78 is 4.99. The molecule has 1 aliphatic rings. The van der Waals surface area contributed by atoms with Gasteiger partial charge < -0.3 is 4.74 Å². The molecule has 18 heavy (non-hydrogen) atoms. The van der Waals surface area contributed by atoms with Crippen molar-refractivity contribution >= 4 is 11.8 Å². The van der Waals surface area contributed by atoms with E-state index in [-0.39, 0.29) is 12.4 Å². The van der Waals surface area contributed by atoms with Gasteiger partial charge in [-0.05, 0) is 24.8 Å². The maximum atomic E-state index is 12.3. The summed E-state index contributed by atoms with van der Waals surface area (Å²) in [5, 5.41) is 0. The van der Waals surface area contributed by atoms with E-state index < -0.39 is 11.9 Å². The van der Waals surface area contributed by atoms with Crippen molar-refractivity contribution in [3.63, 3.8) is 0 Å². The molecular weight excluding hydrogens is 228 g/mol. The molecule has 94 valence electrons. The van der Waals surface area contributed by atoms with E-state index in [0.717, 1.165) is 18.4 Å². The van der Waals surface area contributed by atoms with Gasteiger partial charge in [-0.25, -0.2) is 0 Å². The van der Waals surface area contributed by atoms with E-state index >= 15 is 0 Å². The van der Waals surface area contributed by atoms with Crippen LogP contribution in [0.15, 0.2) is 36.9 Å². The van der Waals surface area contributed by atoms with Crippen LogP contribution in [0.3, 0.4) is 0 Å². The summed E-state index contributed by atoms with van der Waals surface area (Å²) in [4.78, 5) is 24.2. The van der Waals surface area contributed by atoms with Crippen molar-refractivity contribution in [3.05, 3.63) is 48.0 Å². The summed E-state index contributed by atoms with van der Waals surface area (Å²) >= 11 is 0. The second kappa shape index (κ2) is 5.63. The van der Waals surface area contributed by atoms with Crippen LogP contribution in [-0.4, -0.2) is 18.4 Å². The van der Waals surface area contributed by atoms with Gasteiger partial charge in [0, 0.05) is 5.56 Å². The van der Waals surface area contributed by atoms with Crippen LogP contribution in [-0.2, 0) is 16.0 Å². The Hall–Kier alpha value is -1.90. The van der Waals surface area contributed by atoms with Gasteiger partial charge in [-0.15, -0.1) is 0 Å². The van der Waals surface area contributed by atoms with Gasteiger partial charge in [0.25, 0.3) is 0 Å². The van der Waals surface area contributed by atoms with Crippen LogP contribution in [0.2, 0.25) is 0 Å². The number of aryl methyl sites for hydroxylation is 1. The Labute approximate surface area is 106 Å².